The van der Waals surface area contributed by atoms with E-state index in [-0.39, 0.29) is 5.91 Å². The number of nitrogens with two attached hydrogens (primary N) is 1. The van der Waals surface area contributed by atoms with Gasteiger partial charge in [0.15, 0.2) is 0 Å². The third-order valence-electron chi connectivity index (χ3n) is 5.18. The molecule has 1 saturated heterocycles. The lowest BCUT2D eigenvalue weighted by Gasteiger charge is -2.27. The quantitative estimate of drug-likeness (QED) is 0.927. The predicted molar refractivity (Wildman–Crippen MR) is 84.7 cm³/mol. The fourth-order valence-electron chi connectivity index (χ4n) is 4.12. The van der Waals surface area contributed by atoms with Gasteiger partial charge in [-0.15, -0.1) is 0 Å². The first-order chi connectivity index (χ1) is 9.95. The molecule has 1 aromatic carbocycles. The topological polar surface area (TPSA) is 46.3 Å². The van der Waals surface area contributed by atoms with E-state index in [2.05, 4.69) is 30.3 Å². The molecule has 1 saturated carbocycles. The van der Waals surface area contributed by atoms with Gasteiger partial charge in [-0.05, 0) is 56.4 Å². The van der Waals surface area contributed by atoms with Gasteiger partial charge in [-0.25, -0.2) is 0 Å². The van der Waals surface area contributed by atoms with Crippen molar-refractivity contribution >= 4 is 5.91 Å². The van der Waals surface area contributed by atoms with Crippen LogP contribution in [0.25, 0.3) is 0 Å². The van der Waals surface area contributed by atoms with E-state index in [0.29, 0.717) is 11.8 Å². The fourth-order valence-corrected chi connectivity index (χ4v) is 4.12. The highest BCUT2D eigenvalue weighted by molar-refractivity contribution is 5.85. The Balaban J connectivity index is 1.65. The molecule has 2 aliphatic rings. The van der Waals surface area contributed by atoms with Crippen LogP contribution in [0.5, 0.6) is 0 Å². The van der Waals surface area contributed by atoms with Gasteiger partial charge in [0.25, 0.3) is 0 Å². The van der Waals surface area contributed by atoms with Crippen LogP contribution >= 0.6 is 0 Å². The minimum atomic E-state index is -0.742. The third-order valence-corrected chi connectivity index (χ3v) is 5.18. The second kappa shape index (κ2) is 5.45. The molecular weight excluding hydrogens is 260 g/mol. The fraction of sp³-hybridized carbons (Fsp3) is 0.611. The van der Waals surface area contributed by atoms with Gasteiger partial charge in [-0.1, -0.05) is 30.3 Å². The lowest BCUT2D eigenvalue weighted by Crippen LogP contribution is -2.50. The monoisotopic (exact) mass is 286 g/mol. The van der Waals surface area contributed by atoms with E-state index in [1.807, 2.05) is 18.7 Å². The summed E-state index contributed by atoms with van der Waals surface area (Å²) in [5, 5.41) is 0. The predicted octanol–water partition coefficient (Wildman–Crippen LogP) is 2.45. The summed E-state index contributed by atoms with van der Waals surface area (Å²) in [5.41, 5.74) is 6.66. The smallest absolute Gasteiger partial charge is 0.242 e. The maximum atomic E-state index is 12.4. The highest BCUT2D eigenvalue weighted by Crippen LogP contribution is 2.44. The van der Waals surface area contributed by atoms with Crippen molar-refractivity contribution in [3.05, 3.63) is 35.9 Å². The van der Waals surface area contributed by atoms with Gasteiger partial charge in [-0.2, -0.15) is 0 Å². The number of likely N-dealkylation sites (tertiary alicyclic amines) is 1. The molecule has 3 rings (SSSR count). The maximum Gasteiger partial charge on any atom is 0.242 e. The molecule has 2 N–H and O–H groups in total. The Labute approximate surface area is 127 Å². The summed E-state index contributed by atoms with van der Waals surface area (Å²) in [6.45, 7) is 5.44. The minimum absolute atomic E-state index is 0.107. The molecule has 1 heterocycles. The first-order valence-corrected chi connectivity index (χ1v) is 8.07. The summed E-state index contributed by atoms with van der Waals surface area (Å²) in [6.07, 6.45) is 3.71. The first-order valence-electron chi connectivity index (χ1n) is 8.07. The molecule has 0 aromatic heterocycles. The molecule has 1 aliphatic heterocycles. The molecule has 114 valence electrons. The van der Waals surface area contributed by atoms with Gasteiger partial charge in [0, 0.05) is 13.1 Å². The molecule has 2 fully saturated rings. The van der Waals surface area contributed by atoms with Crippen molar-refractivity contribution in [1.82, 2.24) is 4.90 Å². The second-order valence-electron chi connectivity index (χ2n) is 7.38. The average Bonchev–Trinajstić information content (AvgIpc) is 3.00. The Hall–Kier alpha value is -1.35. The van der Waals surface area contributed by atoms with Crippen LogP contribution in [0.4, 0.5) is 0 Å². The molecular formula is C18H26N2O. The Morgan fingerprint density at radius 2 is 1.95 bits per heavy atom. The van der Waals surface area contributed by atoms with E-state index in [9.17, 15) is 4.79 Å². The van der Waals surface area contributed by atoms with Crippen LogP contribution in [-0.2, 0) is 11.2 Å². The molecule has 0 bridgehead atoms. The Kier molecular flexibility index (Phi) is 3.78. The van der Waals surface area contributed by atoms with Crippen LogP contribution in [-0.4, -0.2) is 29.4 Å². The van der Waals surface area contributed by atoms with Gasteiger partial charge in [0.1, 0.15) is 0 Å². The Morgan fingerprint density at radius 3 is 2.62 bits per heavy atom. The summed E-state index contributed by atoms with van der Waals surface area (Å²) in [6, 6.07) is 10.7. The summed E-state index contributed by atoms with van der Waals surface area (Å²) < 4.78 is 0. The van der Waals surface area contributed by atoms with Crippen molar-refractivity contribution < 1.29 is 4.79 Å². The number of benzene rings is 1. The summed E-state index contributed by atoms with van der Waals surface area (Å²) in [7, 11) is 0. The first kappa shape index (κ1) is 14.6. The molecule has 3 nitrogen and oxygen atoms in total. The highest BCUT2D eigenvalue weighted by atomic mass is 16.2. The van der Waals surface area contributed by atoms with E-state index >= 15 is 0 Å². The van der Waals surface area contributed by atoms with Crippen molar-refractivity contribution in [3.8, 4) is 0 Å². The van der Waals surface area contributed by atoms with Crippen LogP contribution in [0, 0.1) is 17.8 Å². The van der Waals surface area contributed by atoms with Crippen molar-refractivity contribution in [3.63, 3.8) is 0 Å². The SMILES string of the molecule is CC(C)(N)C(=O)N1C[C@H]2CC[C@H](Cc3ccccc3)[C@H]2C1. The summed E-state index contributed by atoms with van der Waals surface area (Å²) >= 11 is 0. The molecule has 3 atom stereocenters. The molecule has 1 amide bonds. The van der Waals surface area contributed by atoms with Crippen molar-refractivity contribution in [1.29, 1.82) is 0 Å². The largest absolute Gasteiger partial charge is 0.341 e. The van der Waals surface area contributed by atoms with E-state index in [1.54, 1.807) is 0 Å². The number of nitrogens with zero attached hydrogens (tertiary/aromatic N) is 1. The van der Waals surface area contributed by atoms with Gasteiger partial charge in [0.05, 0.1) is 5.54 Å². The normalized spacial score (nSPS) is 28.7. The zero-order valence-electron chi connectivity index (χ0n) is 13.1. The number of rotatable bonds is 3. The van der Waals surface area contributed by atoms with E-state index in [1.165, 1.54) is 18.4 Å². The van der Waals surface area contributed by atoms with Crippen LogP contribution in [0.1, 0.15) is 32.3 Å². The molecule has 0 unspecified atom stereocenters. The number of carbonyl (C=O) groups excluding carboxylic acids is 1. The van der Waals surface area contributed by atoms with Crippen LogP contribution in [0.3, 0.4) is 0 Å². The summed E-state index contributed by atoms with van der Waals surface area (Å²) in [5.74, 6) is 2.17. The average molecular weight is 286 g/mol. The number of fused-ring (bicyclic) bond motifs is 1. The lowest BCUT2D eigenvalue weighted by molar-refractivity contribution is -0.135. The molecule has 21 heavy (non-hydrogen) atoms. The number of hydrogen-bond acceptors (Lipinski definition) is 2. The minimum Gasteiger partial charge on any atom is -0.341 e. The number of amides is 1. The van der Waals surface area contributed by atoms with Crippen LogP contribution in [0.15, 0.2) is 30.3 Å². The molecule has 1 aliphatic carbocycles. The van der Waals surface area contributed by atoms with Gasteiger partial charge >= 0.3 is 0 Å². The molecule has 0 radical (unpaired) electrons. The van der Waals surface area contributed by atoms with Crippen molar-refractivity contribution in [2.45, 2.75) is 38.6 Å². The second-order valence-corrected chi connectivity index (χ2v) is 7.38. The highest BCUT2D eigenvalue weighted by Gasteiger charge is 2.45. The van der Waals surface area contributed by atoms with Crippen molar-refractivity contribution in [2.24, 2.45) is 23.5 Å². The molecule has 3 heteroatoms. The van der Waals surface area contributed by atoms with Crippen LogP contribution < -0.4 is 5.73 Å². The third kappa shape index (κ3) is 2.98. The Morgan fingerprint density at radius 1 is 1.24 bits per heavy atom. The van der Waals surface area contributed by atoms with Gasteiger partial charge < -0.3 is 10.6 Å². The standard InChI is InChI=1S/C18H26N2O/c1-18(2,19)17(21)20-11-15-9-8-14(16(15)12-20)10-13-6-4-3-5-7-13/h3-7,14-16H,8-12,19H2,1-2H3/t14-,15-,16-/m1/s1. The van der Waals surface area contributed by atoms with Crippen LogP contribution in [0.2, 0.25) is 0 Å². The zero-order valence-corrected chi connectivity index (χ0v) is 13.1. The van der Waals surface area contributed by atoms with E-state index in [0.717, 1.165) is 25.4 Å². The molecule has 0 spiro atoms. The number of carbonyl (C=O) groups is 1. The van der Waals surface area contributed by atoms with Crippen molar-refractivity contribution in [2.75, 3.05) is 13.1 Å². The zero-order chi connectivity index (χ0) is 15.0. The van der Waals surface area contributed by atoms with Gasteiger partial charge in [0.2, 0.25) is 5.91 Å². The molecule has 1 aromatic rings. The lowest BCUT2D eigenvalue weighted by atomic mass is 9.87. The Bertz CT molecular complexity index is 506. The van der Waals surface area contributed by atoms with E-state index in [4.69, 9.17) is 5.73 Å². The van der Waals surface area contributed by atoms with E-state index < -0.39 is 5.54 Å². The maximum absolute atomic E-state index is 12.4. The number of hydrogen-bond donors (Lipinski definition) is 1. The van der Waals surface area contributed by atoms with Gasteiger partial charge in [-0.3, -0.25) is 4.79 Å². The summed E-state index contributed by atoms with van der Waals surface area (Å²) in [4.78, 5) is 14.4.